The van der Waals surface area contributed by atoms with E-state index in [1.807, 2.05) is 17.9 Å². The first kappa shape index (κ1) is 15.6. The number of hydrogen-bond donors (Lipinski definition) is 1. The molecule has 6 nitrogen and oxygen atoms in total. The Balaban J connectivity index is 1.73. The zero-order valence-corrected chi connectivity index (χ0v) is 14.5. The molecule has 3 heterocycles. The third-order valence-electron chi connectivity index (χ3n) is 5.66. The van der Waals surface area contributed by atoms with Gasteiger partial charge in [0.15, 0.2) is 0 Å². The van der Waals surface area contributed by atoms with Gasteiger partial charge >= 0.3 is 0 Å². The zero-order valence-electron chi connectivity index (χ0n) is 14.5. The SMILES string of the molecule is Cc1noc2nc(C(C)C)cc(C(=O)N3CC4CCC(N)C4C3)c12. The van der Waals surface area contributed by atoms with Gasteiger partial charge < -0.3 is 15.2 Å². The molecule has 2 fully saturated rings. The maximum absolute atomic E-state index is 13.2. The Morgan fingerprint density at radius 1 is 1.38 bits per heavy atom. The highest BCUT2D eigenvalue weighted by atomic mass is 16.5. The number of rotatable bonds is 2. The summed E-state index contributed by atoms with van der Waals surface area (Å²) >= 11 is 0. The molecule has 1 aliphatic heterocycles. The van der Waals surface area contributed by atoms with Crippen LogP contribution in [0.2, 0.25) is 0 Å². The summed E-state index contributed by atoms with van der Waals surface area (Å²) < 4.78 is 5.33. The third kappa shape index (κ3) is 2.32. The Bertz CT molecular complexity index is 798. The van der Waals surface area contributed by atoms with Crippen LogP contribution in [-0.2, 0) is 0 Å². The highest BCUT2D eigenvalue weighted by molar-refractivity contribution is 6.06. The lowest BCUT2D eigenvalue weighted by Crippen LogP contribution is -2.33. The van der Waals surface area contributed by atoms with E-state index < -0.39 is 0 Å². The number of likely N-dealkylation sites (tertiary alicyclic amines) is 1. The number of nitrogens with zero attached hydrogens (tertiary/aromatic N) is 3. The summed E-state index contributed by atoms with van der Waals surface area (Å²) in [6.45, 7) is 7.54. The fourth-order valence-electron chi connectivity index (χ4n) is 4.22. The van der Waals surface area contributed by atoms with E-state index in [1.165, 1.54) is 0 Å². The monoisotopic (exact) mass is 328 g/mol. The zero-order chi connectivity index (χ0) is 17.0. The van der Waals surface area contributed by atoms with Crippen LogP contribution in [0, 0.1) is 18.8 Å². The van der Waals surface area contributed by atoms with Crippen molar-refractivity contribution < 1.29 is 9.32 Å². The molecule has 2 N–H and O–H groups in total. The Kier molecular flexibility index (Phi) is 3.60. The van der Waals surface area contributed by atoms with Gasteiger partial charge in [-0.25, -0.2) is 4.98 Å². The van der Waals surface area contributed by atoms with Crippen LogP contribution in [0.15, 0.2) is 10.6 Å². The molecule has 1 saturated heterocycles. The van der Waals surface area contributed by atoms with Crippen LogP contribution in [0.3, 0.4) is 0 Å². The van der Waals surface area contributed by atoms with Gasteiger partial charge in [-0.15, -0.1) is 0 Å². The number of carbonyl (C=O) groups is 1. The molecule has 128 valence electrons. The van der Waals surface area contributed by atoms with Crippen molar-refractivity contribution in [1.82, 2.24) is 15.0 Å². The first-order valence-electron chi connectivity index (χ1n) is 8.77. The third-order valence-corrected chi connectivity index (χ3v) is 5.66. The van der Waals surface area contributed by atoms with Gasteiger partial charge in [-0.2, -0.15) is 0 Å². The lowest BCUT2D eigenvalue weighted by Gasteiger charge is -2.19. The van der Waals surface area contributed by atoms with E-state index in [1.54, 1.807) is 0 Å². The minimum Gasteiger partial charge on any atom is -0.338 e. The number of pyridine rings is 1. The highest BCUT2D eigenvalue weighted by Gasteiger charge is 2.43. The van der Waals surface area contributed by atoms with E-state index in [9.17, 15) is 4.79 Å². The van der Waals surface area contributed by atoms with Crippen molar-refractivity contribution in [2.75, 3.05) is 13.1 Å². The predicted octanol–water partition coefficient (Wildman–Crippen LogP) is 2.46. The number of carbonyl (C=O) groups excluding carboxylic acids is 1. The Morgan fingerprint density at radius 2 is 2.17 bits per heavy atom. The van der Waals surface area contributed by atoms with Crippen LogP contribution in [0.25, 0.3) is 11.1 Å². The molecule has 0 spiro atoms. The summed E-state index contributed by atoms with van der Waals surface area (Å²) in [5, 5.41) is 4.75. The average molecular weight is 328 g/mol. The average Bonchev–Trinajstić information content (AvgIpc) is 3.23. The number of aromatic nitrogens is 2. The van der Waals surface area contributed by atoms with E-state index in [-0.39, 0.29) is 17.9 Å². The Morgan fingerprint density at radius 3 is 2.88 bits per heavy atom. The maximum Gasteiger partial charge on any atom is 0.259 e. The van der Waals surface area contributed by atoms with Crippen molar-refractivity contribution >= 4 is 17.0 Å². The fourth-order valence-corrected chi connectivity index (χ4v) is 4.22. The molecule has 3 unspecified atom stereocenters. The van der Waals surface area contributed by atoms with Gasteiger partial charge in [0, 0.05) is 24.8 Å². The highest BCUT2D eigenvalue weighted by Crippen LogP contribution is 2.38. The molecule has 0 radical (unpaired) electrons. The standard InChI is InChI=1S/C18H24N4O2/c1-9(2)15-6-12(16-10(3)21-24-17(16)20-15)18(23)22-7-11-4-5-14(19)13(11)8-22/h6,9,11,13-14H,4-5,7-8,19H2,1-3H3. The number of nitrogens with two attached hydrogens (primary N) is 1. The van der Waals surface area contributed by atoms with Crippen molar-refractivity contribution in [2.45, 2.75) is 45.6 Å². The molecule has 2 aromatic rings. The van der Waals surface area contributed by atoms with Crippen LogP contribution in [0.4, 0.5) is 0 Å². The molecule has 1 saturated carbocycles. The summed E-state index contributed by atoms with van der Waals surface area (Å²) in [7, 11) is 0. The number of fused-ring (bicyclic) bond motifs is 2. The van der Waals surface area contributed by atoms with Crippen molar-refractivity contribution in [3.63, 3.8) is 0 Å². The summed E-state index contributed by atoms with van der Waals surface area (Å²) in [6.07, 6.45) is 2.21. The topological polar surface area (TPSA) is 85.2 Å². The summed E-state index contributed by atoms with van der Waals surface area (Å²) in [5.74, 6) is 1.27. The van der Waals surface area contributed by atoms with Gasteiger partial charge in [-0.1, -0.05) is 19.0 Å². The van der Waals surface area contributed by atoms with Gasteiger partial charge in [-0.05, 0) is 43.6 Å². The summed E-state index contributed by atoms with van der Waals surface area (Å²) in [4.78, 5) is 19.7. The predicted molar refractivity (Wildman–Crippen MR) is 90.7 cm³/mol. The van der Waals surface area contributed by atoms with Crippen LogP contribution in [-0.4, -0.2) is 40.1 Å². The second kappa shape index (κ2) is 5.55. The van der Waals surface area contributed by atoms with E-state index in [0.717, 1.165) is 37.0 Å². The van der Waals surface area contributed by atoms with Gasteiger partial charge in [-0.3, -0.25) is 4.79 Å². The molecule has 4 rings (SSSR count). The van der Waals surface area contributed by atoms with E-state index in [2.05, 4.69) is 24.0 Å². The first-order valence-corrected chi connectivity index (χ1v) is 8.77. The Hall–Kier alpha value is -1.95. The number of hydrogen-bond acceptors (Lipinski definition) is 5. The lowest BCUT2D eigenvalue weighted by molar-refractivity contribution is 0.0781. The van der Waals surface area contributed by atoms with E-state index in [4.69, 9.17) is 10.3 Å². The van der Waals surface area contributed by atoms with Crippen LogP contribution >= 0.6 is 0 Å². The molecule has 2 aromatic heterocycles. The molecular formula is C18H24N4O2. The van der Waals surface area contributed by atoms with Crippen molar-refractivity contribution in [3.05, 3.63) is 23.0 Å². The second-order valence-electron chi connectivity index (χ2n) is 7.57. The molecule has 6 heteroatoms. The van der Waals surface area contributed by atoms with Crippen LogP contribution in [0.1, 0.15) is 54.4 Å². The molecule has 3 atom stereocenters. The molecular weight excluding hydrogens is 304 g/mol. The van der Waals surface area contributed by atoms with Gasteiger partial charge in [0.25, 0.3) is 11.6 Å². The molecule has 0 bridgehead atoms. The first-order chi connectivity index (χ1) is 11.5. The molecule has 24 heavy (non-hydrogen) atoms. The molecule has 2 aliphatic rings. The molecule has 1 aliphatic carbocycles. The van der Waals surface area contributed by atoms with E-state index in [0.29, 0.717) is 28.8 Å². The van der Waals surface area contributed by atoms with Gasteiger partial charge in [0.2, 0.25) is 0 Å². The minimum absolute atomic E-state index is 0.0530. The van der Waals surface area contributed by atoms with Crippen molar-refractivity contribution in [3.8, 4) is 0 Å². The maximum atomic E-state index is 13.2. The largest absolute Gasteiger partial charge is 0.338 e. The van der Waals surface area contributed by atoms with Crippen molar-refractivity contribution in [2.24, 2.45) is 17.6 Å². The van der Waals surface area contributed by atoms with Gasteiger partial charge in [0.05, 0.1) is 16.6 Å². The van der Waals surface area contributed by atoms with Crippen molar-refractivity contribution in [1.29, 1.82) is 0 Å². The quantitative estimate of drug-likeness (QED) is 0.915. The minimum atomic E-state index is 0.0530. The number of aryl methyl sites for hydroxylation is 1. The fraction of sp³-hybridized carbons (Fsp3) is 0.611. The second-order valence-corrected chi connectivity index (χ2v) is 7.57. The number of amides is 1. The van der Waals surface area contributed by atoms with Crippen LogP contribution < -0.4 is 5.73 Å². The summed E-state index contributed by atoms with van der Waals surface area (Å²) in [6, 6.07) is 2.14. The Labute approximate surface area is 141 Å². The lowest BCUT2D eigenvalue weighted by atomic mass is 9.98. The smallest absolute Gasteiger partial charge is 0.259 e. The van der Waals surface area contributed by atoms with Crippen LogP contribution in [0.5, 0.6) is 0 Å². The normalized spacial score (nSPS) is 26.5. The van der Waals surface area contributed by atoms with Gasteiger partial charge in [0.1, 0.15) is 0 Å². The van der Waals surface area contributed by atoms with E-state index >= 15 is 0 Å². The summed E-state index contributed by atoms with van der Waals surface area (Å²) in [5.41, 5.74) is 8.90. The molecule has 0 aromatic carbocycles. The molecule has 1 amide bonds.